The molecule has 2 N–H and O–H groups in total. The molecule has 0 heterocycles. The molecule has 0 radical (unpaired) electrons. The topological polar surface area (TPSA) is 75.3 Å². The van der Waals surface area contributed by atoms with Crippen molar-refractivity contribution in [1.82, 2.24) is 5.32 Å². The third kappa shape index (κ3) is 6.36. The Bertz CT molecular complexity index is 565. The zero-order chi connectivity index (χ0) is 15.0. The molecule has 0 fully saturated rings. The van der Waals surface area contributed by atoms with Crippen molar-refractivity contribution in [2.24, 2.45) is 0 Å². The molecule has 0 spiro atoms. The van der Waals surface area contributed by atoms with Gasteiger partial charge in [0, 0.05) is 18.2 Å². The zero-order valence-corrected chi connectivity index (χ0v) is 11.4. The lowest BCUT2D eigenvalue weighted by molar-refractivity contribution is -0.124. The predicted molar refractivity (Wildman–Crippen MR) is 75.9 cm³/mol. The first-order chi connectivity index (χ1) is 9.47. The number of nitrogens with one attached hydrogen (secondary N) is 2. The number of carbonyl (C=O) groups is 3. The van der Waals surface area contributed by atoms with Crippen LogP contribution in [0.5, 0.6) is 0 Å². The van der Waals surface area contributed by atoms with Crippen LogP contribution in [0.3, 0.4) is 0 Å². The number of rotatable bonds is 4. The first-order valence-electron chi connectivity index (χ1n) is 6.10. The maximum atomic E-state index is 11.4. The van der Waals surface area contributed by atoms with E-state index in [2.05, 4.69) is 22.5 Å². The van der Waals surface area contributed by atoms with E-state index in [0.717, 1.165) is 5.56 Å². The Kier molecular flexibility index (Phi) is 5.98. The molecule has 5 nitrogen and oxygen atoms in total. The molecule has 104 valence electrons. The fraction of sp³-hybridized carbons (Fsp3) is 0.267. The van der Waals surface area contributed by atoms with Gasteiger partial charge in [0.25, 0.3) is 0 Å². The molecular formula is C15H16N2O3. The number of amides is 2. The van der Waals surface area contributed by atoms with Gasteiger partial charge in [-0.3, -0.25) is 14.4 Å². The lowest BCUT2D eigenvalue weighted by Gasteiger charge is -2.03. The molecule has 0 saturated carbocycles. The van der Waals surface area contributed by atoms with E-state index in [9.17, 15) is 14.4 Å². The van der Waals surface area contributed by atoms with E-state index in [-0.39, 0.29) is 24.0 Å². The normalized spacial score (nSPS) is 9.10. The molecule has 0 aromatic heterocycles. The molecule has 0 saturated heterocycles. The molecule has 1 aromatic rings. The minimum absolute atomic E-state index is 0.122. The summed E-state index contributed by atoms with van der Waals surface area (Å²) in [6, 6.07) is 6.93. The van der Waals surface area contributed by atoms with E-state index in [1.54, 1.807) is 24.3 Å². The third-order valence-corrected chi connectivity index (χ3v) is 2.24. The predicted octanol–water partition coefficient (Wildman–Crippen LogP) is 1.09. The molecule has 1 rings (SSSR count). The second-order valence-corrected chi connectivity index (χ2v) is 4.22. The van der Waals surface area contributed by atoms with Crippen molar-refractivity contribution >= 4 is 23.3 Å². The van der Waals surface area contributed by atoms with Gasteiger partial charge < -0.3 is 10.6 Å². The lowest BCUT2D eigenvalue weighted by Crippen LogP contribution is -2.19. The van der Waals surface area contributed by atoms with Gasteiger partial charge in [-0.2, -0.15) is 0 Å². The Balaban J connectivity index is 2.53. The second-order valence-electron chi connectivity index (χ2n) is 4.22. The van der Waals surface area contributed by atoms with E-state index in [1.165, 1.54) is 13.8 Å². The van der Waals surface area contributed by atoms with E-state index < -0.39 is 0 Å². The minimum atomic E-state index is -0.331. The van der Waals surface area contributed by atoms with Crippen molar-refractivity contribution in [2.45, 2.75) is 20.3 Å². The number of benzene rings is 1. The van der Waals surface area contributed by atoms with Crippen molar-refractivity contribution in [3.63, 3.8) is 0 Å². The van der Waals surface area contributed by atoms with Crippen LogP contribution in [0.2, 0.25) is 0 Å². The fourth-order valence-corrected chi connectivity index (χ4v) is 1.38. The van der Waals surface area contributed by atoms with Gasteiger partial charge in [0.05, 0.1) is 13.0 Å². The van der Waals surface area contributed by atoms with Gasteiger partial charge in [0.1, 0.15) is 5.78 Å². The molecule has 1 aromatic carbocycles. The van der Waals surface area contributed by atoms with Crippen molar-refractivity contribution in [3.8, 4) is 11.8 Å². The highest BCUT2D eigenvalue weighted by Gasteiger charge is 2.04. The fourth-order valence-electron chi connectivity index (χ4n) is 1.38. The number of anilines is 1. The largest absolute Gasteiger partial charge is 0.345 e. The number of hydrogen-bond acceptors (Lipinski definition) is 3. The van der Waals surface area contributed by atoms with Crippen LogP contribution in [-0.2, 0) is 14.4 Å². The van der Waals surface area contributed by atoms with Gasteiger partial charge in [-0.05, 0) is 31.2 Å². The summed E-state index contributed by atoms with van der Waals surface area (Å²) >= 11 is 0. The number of hydrogen-bond donors (Lipinski definition) is 2. The molecule has 0 aliphatic carbocycles. The summed E-state index contributed by atoms with van der Waals surface area (Å²) < 4.78 is 0. The Morgan fingerprint density at radius 2 is 1.75 bits per heavy atom. The van der Waals surface area contributed by atoms with Gasteiger partial charge in [-0.1, -0.05) is 11.8 Å². The monoisotopic (exact) mass is 272 g/mol. The minimum Gasteiger partial charge on any atom is -0.345 e. The van der Waals surface area contributed by atoms with Gasteiger partial charge in [0.15, 0.2) is 0 Å². The van der Waals surface area contributed by atoms with E-state index >= 15 is 0 Å². The van der Waals surface area contributed by atoms with Crippen LogP contribution in [-0.4, -0.2) is 24.1 Å². The third-order valence-electron chi connectivity index (χ3n) is 2.24. The highest BCUT2D eigenvalue weighted by atomic mass is 16.2. The Labute approximate surface area is 117 Å². The SMILES string of the molecule is CC(=O)CC(=O)Nc1ccc(C#CCNC(C)=O)cc1. The molecule has 2 amide bonds. The maximum Gasteiger partial charge on any atom is 0.231 e. The van der Waals surface area contributed by atoms with Crippen molar-refractivity contribution < 1.29 is 14.4 Å². The van der Waals surface area contributed by atoms with Crippen LogP contribution in [0.1, 0.15) is 25.8 Å². The van der Waals surface area contributed by atoms with Crippen molar-refractivity contribution in [1.29, 1.82) is 0 Å². The molecular weight excluding hydrogens is 256 g/mol. The second kappa shape index (κ2) is 7.74. The van der Waals surface area contributed by atoms with E-state index in [0.29, 0.717) is 12.2 Å². The summed E-state index contributed by atoms with van der Waals surface area (Å²) in [6.07, 6.45) is -0.127. The average molecular weight is 272 g/mol. The van der Waals surface area contributed by atoms with Crippen molar-refractivity contribution in [2.75, 3.05) is 11.9 Å². The van der Waals surface area contributed by atoms with Crippen LogP contribution in [0.4, 0.5) is 5.69 Å². The van der Waals surface area contributed by atoms with Gasteiger partial charge in [0.2, 0.25) is 11.8 Å². The van der Waals surface area contributed by atoms with E-state index in [4.69, 9.17) is 0 Å². The highest BCUT2D eigenvalue weighted by Crippen LogP contribution is 2.09. The smallest absolute Gasteiger partial charge is 0.231 e. The van der Waals surface area contributed by atoms with Crippen LogP contribution in [0.15, 0.2) is 24.3 Å². The summed E-state index contributed by atoms with van der Waals surface area (Å²) in [6.45, 7) is 3.10. The molecule has 0 unspecified atom stereocenters. The first-order valence-corrected chi connectivity index (χ1v) is 6.10. The molecule has 0 aliphatic heterocycles. The Morgan fingerprint density at radius 1 is 1.10 bits per heavy atom. The van der Waals surface area contributed by atoms with Gasteiger partial charge >= 0.3 is 0 Å². The quantitative estimate of drug-likeness (QED) is 0.636. The maximum absolute atomic E-state index is 11.4. The summed E-state index contributed by atoms with van der Waals surface area (Å²) in [5.41, 5.74) is 1.39. The number of Topliss-reactive ketones (excluding diaryl/α,β-unsaturated/α-hetero) is 1. The van der Waals surface area contributed by atoms with Crippen LogP contribution < -0.4 is 10.6 Å². The number of ketones is 1. The Hall–Kier alpha value is -2.61. The summed E-state index contributed by atoms with van der Waals surface area (Å²) in [5.74, 6) is 5.05. The first kappa shape index (κ1) is 15.4. The summed E-state index contributed by atoms with van der Waals surface area (Å²) in [4.78, 5) is 32.8. The molecule has 0 aliphatic rings. The van der Waals surface area contributed by atoms with Gasteiger partial charge in [-0.25, -0.2) is 0 Å². The Morgan fingerprint density at radius 3 is 2.30 bits per heavy atom. The molecule has 5 heteroatoms. The van der Waals surface area contributed by atoms with E-state index in [1.807, 2.05) is 0 Å². The summed E-state index contributed by atoms with van der Waals surface area (Å²) in [5, 5.41) is 5.19. The van der Waals surface area contributed by atoms with Crippen molar-refractivity contribution in [3.05, 3.63) is 29.8 Å². The zero-order valence-electron chi connectivity index (χ0n) is 11.4. The molecule has 0 atom stereocenters. The molecule has 0 bridgehead atoms. The standard InChI is InChI=1S/C15H16N2O3/c1-11(18)10-15(20)17-14-7-5-13(6-8-14)4-3-9-16-12(2)19/h5-8H,9-10H2,1-2H3,(H,16,19)(H,17,20). The summed E-state index contributed by atoms with van der Waals surface area (Å²) in [7, 11) is 0. The van der Waals surface area contributed by atoms with Gasteiger partial charge in [-0.15, -0.1) is 0 Å². The lowest BCUT2D eigenvalue weighted by atomic mass is 10.2. The van der Waals surface area contributed by atoms with Crippen LogP contribution in [0.25, 0.3) is 0 Å². The average Bonchev–Trinajstić information content (AvgIpc) is 2.35. The highest BCUT2D eigenvalue weighted by molar-refractivity contribution is 6.03. The van der Waals surface area contributed by atoms with Crippen LogP contribution in [0, 0.1) is 11.8 Å². The number of carbonyl (C=O) groups excluding carboxylic acids is 3. The van der Waals surface area contributed by atoms with Crippen LogP contribution >= 0.6 is 0 Å². The molecule has 20 heavy (non-hydrogen) atoms.